The van der Waals surface area contributed by atoms with Crippen LogP contribution in [0.3, 0.4) is 0 Å². The summed E-state index contributed by atoms with van der Waals surface area (Å²) in [7, 11) is 0. The Kier molecular flexibility index (Phi) is 3.74. The molecule has 0 aromatic heterocycles. The Morgan fingerprint density at radius 2 is 1.17 bits per heavy atom. The van der Waals surface area contributed by atoms with Crippen molar-refractivity contribution in [1.82, 2.24) is 0 Å². The topological polar surface area (TPSA) is 145 Å². The molecule has 0 aliphatic heterocycles. The van der Waals surface area contributed by atoms with E-state index >= 15 is 0 Å². The predicted octanol–water partition coefficient (Wildman–Crippen LogP) is -0.179. The van der Waals surface area contributed by atoms with Crippen molar-refractivity contribution < 1.29 is 9.59 Å². The standard InChI is InChI=1S/C10H16N6O2/c1-5-3-8(16(14)10(12)18)6(2)4-7(5)15(13)9(11)17/h3-4H,13-14H2,1-2H3,(H2,11,17)(H2,12,18). The Balaban J connectivity index is 3.28. The van der Waals surface area contributed by atoms with Crippen LogP contribution in [-0.4, -0.2) is 12.1 Å². The van der Waals surface area contributed by atoms with Gasteiger partial charge in [-0.05, 0) is 37.1 Å². The molecule has 4 amide bonds. The molecule has 8 heteroatoms. The second kappa shape index (κ2) is 4.90. The van der Waals surface area contributed by atoms with Crippen LogP contribution in [0.2, 0.25) is 0 Å². The third-order valence-electron chi connectivity index (χ3n) is 2.51. The highest BCUT2D eigenvalue weighted by Gasteiger charge is 2.16. The Bertz CT molecular complexity index is 456. The number of urea groups is 2. The lowest BCUT2D eigenvalue weighted by Crippen LogP contribution is -2.43. The van der Waals surface area contributed by atoms with Crippen molar-refractivity contribution in [3.63, 3.8) is 0 Å². The molecule has 0 aliphatic rings. The van der Waals surface area contributed by atoms with E-state index in [9.17, 15) is 9.59 Å². The molecule has 0 radical (unpaired) electrons. The van der Waals surface area contributed by atoms with Crippen LogP contribution in [-0.2, 0) is 0 Å². The summed E-state index contributed by atoms with van der Waals surface area (Å²) in [5.74, 6) is 11.0. The van der Waals surface area contributed by atoms with Crippen molar-refractivity contribution in [3.8, 4) is 0 Å². The number of hydrogen-bond acceptors (Lipinski definition) is 4. The largest absolute Gasteiger partial charge is 0.350 e. The van der Waals surface area contributed by atoms with Crippen LogP contribution >= 0.6 is 0 Å². The molecule has 1 aromatic rings. The first kappa shape index (κ1) is 13.7. The van der Waals surface area contributed by atoms with Gasteiger partial charge in [0.05, 0.1) is 11.4 Å². The lowest BCUT2D eigenvalue weighted by atomic mass is 10.1. The molecular formula is C10H16N6O2. The molecule has 8 nitrogen and oxygen atoms in total. The molecule has 0 unspecified atom stereocenters. The number of carbonyl (C=O) groups excluding carboxylic acids is 2. The van der Waals surface area contributed by atoms with Crippen molar-refractivity contribution in [2.45, 2.75) is 13.8 Å². The summed E-state index contributed by atoms with van der Waals surface area (Å²) in [5.41, 5.74) is 12.3. The van der Waals surface area contributed by atoms with Gasteiger partial charge in [-0.15, -0.1) is 0 Å². The average molecular weight is 252 g/mol. The van der Waals surface area contributed by atoms with Crippen molar-refractivity contribution in [3.05, 3.63) is 23.3 Å². The van der Waals surface area contributed by atoms with E-state index in [4.69, 9.17) is 23.2 Å². The number of nitrogens with two attached hydrogens (primary N) is 4. The highest BCUT2D eigenvalue weighted by molar-refractivity contribution is 5.93. The first-order valence-corrected chi connectivity index (χ1v) is 5.05. The number of primary amides is 2. The maximum atomic E-state index is 11.0. The number of nitrogens with zero attached hydrogens (tertiary/aromatic N) is 2. The smallest absolute Gasteiger partial charge is 0.333 e. The van der Waals surface area contributed by atoms with Gasteiger partial charge in [-0.25, -0.2) is 31.3 Å². The zero-order valence-electron chi connectivity index (χ0n) is 10.2. The van der Waals surface area contributed by atoms with Crippen LogP contribution in [0.25, 0.3) is 0 Å². The zero-order valence-corrected chi connectivity index (χ0v) is 10.2. The quantitative estimate of drug-likeness (QED) is 0.328. The minimum atomic E-state index is -0.787. The van der Waals surface area contributed by atoms with Gasteiger partial charge in [0, 0.05) is 0 Å². The number of hydrazine groups is 2. The fourth-order valence-electron chi connectivity index (χ4n) is 1.54. The van der Waals surface area contributed by atoms with Gasteiger partial charge in [0.25, 0.3) is 0 Å². The van der Waals surface area contributed by atoms with Gasteiger partial charge in [0.2, 0.25) is 0 Å². The van der Waals surface area contributed by atoms with Crippen molar-refractivity contribution in [1.29, 1.82) is 0 Å². The van der Waals surface area contributed by atoms with E-state index in [1.54, 1.807) is 26.0 Å². The number of amides is 4. The highest BCUT2D eigenvalue weighted by Crippen LogP contribution is 2.27. The molecule has 0 fully saturated rings. The van der Waals surface area contributed by atoms with Crippen molar-refractivity contribution in [2.75, 3.05) is 10.0 Å². The lowest BCUT2D eigenvalue weighted by molar-refractivity contribution is 0.253. The highest BCUT2D eigenvalue weighted by atomic mass is 16.2. The number of aryl methyl sites for hydroxylation is 2. The molecule has 8 N–H and O–H groups in total. The lowest BCUT2D eigenvalue weighted by Gasteiger charge is -2.21. The molecule has 0 bridgehead atoms. The maximum absolute atomic E-state index is 11.0. The second-order valence-corrected chi connectivity index (χ2v) is 3.84. The van der Waals surface area contributed by atoms with E-state index in [0.29, 0.717) is 22.5 Å². The van der Waals surface area contributed by atoms with E-state index in [0.717, 1.165) is 10.0 Å². The fraction of sp³-hybridized carbons (Fsp3) is 0.200. The summed E-state index contributed by atoms with van der Waals surface area (Å²) >= 11 is 0. The van der Waals surface area contributed by atoms with Crippen LogP contribution < -0.4 is 33.2 Å². The summed E-state index contributed by atoms with van der Waals surface area (Å²) in [6.45, 7) is 3.41. The molecule has 0 heterocycles. The molecule has 0 aliphatic carbocycles. The van der Waals surface area contributed by atoms with Crippen LogP contribution in [0.4, 0.5) is 21.0 Å². The van der Waals surface area contributed by atoms with Gasteiger partial charge in [-0.3, -0.25) is 0 Å². The van der Waals surface area contributed by atoms with E-state index in [1.165, 1.54) is 0 Å². The molecule has 0 saturated heterocycles. The molecule has 0 atom stereocenters. The van der Waals surface area contributed by atoms with Crippen LogP contribution in [0, 0.1) is 13.8 Å². The third-order valence-corrected chi connectivity index (χ3v) is 2.51. The Morgan fingerprint density at radius 3 is 1.39 bits per heavy atom. The van der Waals surface area contributed by atoms with Crippen molar-refractivity contribution >= 4 is 23.4 Å². The summed E-state index contributed by atoms with van der Waals surface area (Å²) in [4.78, 5) is 22.0. The number of anilines is 2. The Hall–Kier alpha value is -2.32. The molecule has 0 spiro atoms. The zero-order chi connectivity index (χ0) is 14.0. The summed E-state index contributed by atoms with van der Waals surface area (Å²) in [5, 5.41) is 1.63. The Morgan fingerprint density at radius 1 is 0.889 bits per heavy atom. The van der Waals surface area contributed by atoms with Crippen molar-refractivity contribution in [2.24, 2.45) is 23.2 Å². The minimum absolute atomic E-state index is 0.432. The third kappa shape index (κ3) is 2.50. The van der Waals surface area contributed by atoms with Crippen LogP contribution in [0.5, 0.6) is 0 Å². The van der Waals surface area contributed by atoms with Crippen LogP contribution in [0.1, 0.15) is 11.1 Å². The molecule has 0 saturated carbocycles. The average Bonchev–Trinajstić information content (AvgIpc) is 2.29. The van der Waals surface area contributed by atoms with Gasteiger partial charge >= 0.3 is 12.1 Å². The molecule has 1 rings (SSSR count). The molecular weight excluding hydrogens is 236 g/mol. The van der Waals surface area contributed by atoms with E-state index in [-0.39, 0.29) is 0 Å². The van der Waals surface area contributed by atoms with E-state index in [2.05, 4.69) is 0 Å². The minimum Gasteiger partial charge on any atom is -0.350 e. The second-order valence-electron chi connectivity index (χ2n) is 3.84. The summed E-state index contributed by atoms with van der Waals surface area (Å²) in [6.07, 6.45) is 0. The number of carbonyl (C=O) groups is 2. The van der Waals surface area contributed by atoms with Gasteiger partial charge in [-0.2, -0.15) is 0 Å². The maximum Gasteiger partial charge on any atom is 0.333 e. The SMILES string of the molecule is Cc1cc(N(N)C(N)=O)c(C)cc1N(N)C(N)=O. The monoisotopic (exact) mass is 252 g/mol. The van der Waals surface area contributed by atoms with E-state index in [1.807, 2.05) is 0 Å². The predicted molar refractivity (Wildman–Crippen MR) is 68.4 cm³/mol. The number of hydrogen-bond donors (Lipinski definition) is 4. The summed E-state index contributed by atoms with van der Waals surface area (Å²) < 4.78 is 0. The van der Waals surface area contributed by atoms with Gasteiger partial charge in [0.1, 0.15) is 0 Å². The first-order valence-electron chi connectivity index (χ1n) is 5.05. The fourth-order valence-corrected chi connectivity index (χ4v) is 1.54. The van der Waals surface area contributed by atoms with Crippen LogP contribution in [0.15, 0.2) is 12.1 Å². The first-order chi connectivity index (χ1) is 8.25. The number of rotatable bonds is 2. The normalized spacial score (nSPS) is 10.0. The Labute approximate surface area is 104 Å². The molecule has 1 aromatic carbocycles. The van der Waals surface area contributed by atoms with Gasteiger partial charge < -0.3 is 11.5 Å². The molecule has 98 valence electrons. The van der Waals surface area contributed by atoms with Gasteiger partial charge in [-0.1, -0.05) is 0 Å². The number of benzene rings is 1. The molecule has 18 heavy (non-hydrogen) atoms. The van der Waals surface area contributed by atoms with E-state index < -0.39 is 12.1 Å². The summed E-state index contributed by atoms with van der Waals surface area (Å²) in [6, 6.07) is 1.62. The van der Waals surface area contributed by atoms with Gasteiger partial charge in [0.15, 0.2) is 0 Å².